The minimum Gasteiger partial charge on any atom is -0.490 e. The highest BCUT2D eigenvalue weighted by Gasteiger charge is 2.00. The van der Waals surface area contributed by atoms with Crippen LogP contribution in [0, 0.1) is 0 Å². The molecule has 0 saturated carbocycles. The summed E-state index contributed by atoms with van der Waals surface area (Å²) in [5.74, 6) is 0.0614. The van der Waals surface area contributed by atoms with Crippen molar-refractivity contribution in [1.29, 1.82) is 0 Å². The maximum atomic E-state index is 11.4. The lowest BCUT2D eigenvalue weighted by Crippen LogP contribution is -2.20. The predicted molar refractivity (Wildman–Crippen MR) is 52.0 cm³/mol. The van der Waals surface area contributed by atoms with Gasteiger partial charge in [-0.25, -0.2) is 0 Å². The van der Waals surface area contributed by atoms with Gasteiger partial charge in [-0.15, -0.1) is 10.0 Å². The van der Waals surface area contributed by atoms with Crippen molar-refractivity contribution in [1.82, 2.24) is 5.54 Å². The summed E-state index contributed by atoms with van der Waals surface area (Å²) in [6, 6.07) is 9.15. The van der Waals surface area contributed by atoms with E-state index in [1.54, 1.807) is 12.1 Å². The molecule has 0 saturated heterocycles. The molecule has 0 aliphatic carbocycles. The molecule has 15 heavy (non-hydrogen) atoms. The Hall–Kier alpha value is -1.62. The van der Waals surface area contributed by atoms with Gasteiger partial charge in [0.25, 0.3) is 0 Å². The molecule has 5 heteroatoms. The van der Waals surface area contributed by atoms with Gasteiger partial charge >= 0.3 is 5.97 Å². The van der Waals surface area contributed by atoms with Gasteiger partial charge in [0, 0.05) is 0 Å². The van der Waals surface area contributed by atoms with Crippen LogP contribution < -0.4 is 10.3 Å². The number of carbonyl (C=O) groups is 1. The van der Waals surface area contributed by atoms with Gasteiger partial charge in [0.05, 0.1) is 0 Å². The van der Waals surface area contributed by atoms with Gasteiger partial charge in [0.2, 0.25) is 0 Å². The van der Waals surface area contributed by atoms with E-state index in [1.165, 1.54) is 5.54 Å². The predicted octanol–water partition coefficient (Wildman–Crippen LogP) is 1.08. The van der Waals surface area contributed by atoms with E-state index >= 15 is 0 Å². The summed E-state index contributed by atoms with van der Waals surface area (Å²) in [7, 11) is 0. The second kappa shape index (κ2) is 6.78. The molecule has 0 radical (unpaired) electrons. The number of hydrogen-bond acceptors (Lipinski definition) is 4. The van der Waals surface area contributed by atoms with Crippen molar-refractivity contribution in [2.24, 2.45) is 0 Å². The number of ether oxygens (including phenoxy) is 2. The third kappa shape index (κ3) is 4.97. The highest BCUT2D eigenvalue weighted by Crippen LogP contribution is 2.07. The van der Waals surface area contributed by atoms with Crippen LogP contribution in [-0.2, 0) is 9.53 Å². The molecule has 4 nitrogen and oxygen atoms in total. The number of nitrogens with one attached hydrogen (secondary N) is 1. The highest BCUT2D eigenvalue weighted by molar-refractivity contribution is 5.71. The van der Waals surface area contributed by atoms with E-state index in [2.05, 4.69) is 4.74 Å². The fourth-order valence-corrected chi connectivity index (χ4v) is 0.937. The van der Waals surface area contributed by atoms with Crippen molar-refractivity contribution in [3.63, 3.8) is 0 Å². The van der Waals surface area contributed by atoms with Crippen molar-refractivity contribution in [3.8, 4) is 5.75 Å². The van der Waals surface area contributed by atoms with E-state index in [-0.39, 0.29) is 13.2 Å². The summed E-state index contributed by atoms with van der Waals surface area (Å²) in [5, 5.41) is 0. The molecule has 0 heterocycles. The largest absolute Gasteiger partial charge is 0.490 e. The first-order valence-corrected chi connectivity index (χ1v) is 4.50. The zero-order valence-corrected chi connectivity index (χ0v) is 8.11. The van der Waals surface area contributed by atoms with Gasteiger partial charge in [0.1, 0.15) is 25.5 Å². The second-order valence-corrected chi connectivity index (χ2v) is 2.69. The summed E-state index contributed by atoms with van der Waals surface area (Å²) in [5.41, 5.74) is 1.21. The van der Waals surface area contributed by atoms with Crippen molar-refractivity contribution < 1.29 is 18.7 Å². The molecule has 0 amide bonds. The van der Waals surface area contributed by atoms with Crippen LogP contribution in [0.15, 0.2) is 30.3 Å². The Balaban J connectivity index is 2.10. The molecule has 0 aliphatic heterocycles. The smallest absolute Gasteiger partial charge is 0.322 e. The van der Waals surface area contributed by atoms with Crippen LogP contribution in [0.1, 0.15) is 0 Å². The Morgan fingerprint density at radius 3 is 2.67 bits per heavy atom. The van der Waals surface area contributed by atoms with Crippen LogP contribution in [-0.4, -0.2) is 25.7 Å². The molecule has 0 bridgehead atoms. The second-order valence-electron chi connectivity index (χ2n) is 2.69. The Morgan fingerprint density at radius 2 is 2.00 bits per heavy atom. The van der Waals surface area contributed by atoms with Gasteiger partial charge in [-0.1, -0.05) is 18.2 Å². The molecule has 0 fully saturated rings. The van der Waals surface area contributed by atoms with Crippen molar-refractivity contribution in [3.05, 3.63) is 30.3 Å². The summed E-state index contributed by atoms with van der Waals surface area (Å²) >= 11 is 0. The van der Waals surface area contributed by atoms with Crippen LogP contribution in [0.2, 0.25) is 0 Å². The molecule has 82 valence electrons. The summed E-state index contributed by atoms with van der Waals surface area (Å²) in [4.78, 5) is 10.7. The minimum atomic E-state index is -0.644. The number of para-hydroxylation sites is 1. The molecule has 0 aliphatic rings. The Morgan fingerprint density at radius 1 is 1.27 bits per heavy atom. The fraction of sp³-hybridized carbons (Fsp3) is 0.300. The van der Waals surface area contributed by atoms with Gasteiger partial charge in [-0.05, 0) is 12.1 Å². The zero-order valence-electron chi connectivity index (χ0n) is 8.11. The summed E-state index contributed by atoms with van der Waals surface area (Å²) in [6.07, 6.45) is 0. The Labute approximate surface area is 86.9 Å². The SMILES string of the molecule is O=C(CNF)OCCOc1ccccc1. The molecule has 1 aromatic carbocycles. The molecule has 0 unspecified atom stereocenters. The molecule has 0 aromatic heterocycles. The third-order valence-corrected chi connectivity index (χ3v) is 1.57. The normalized spacial score (nSPS) is 9.67. The zero-order chi connectivity index (χ0) is 10.9. The van der Waals surface area contributed by atoms with E-state index < -0.39 is 12.5 Å². The van der Waals surface area contributed by atoms with E-state index in [0.29, 0.717) is 5.75 Å². The monoisotopic (exact) mass is 213 g/mol. The first-order chi connectivity index (χ1) is 7.33. The number of halogens is 1. The maximum Gasteiger partial charge on any atom is 0.322 e. The molecular formula is C10H12FNO3. The average molecular weight is 213 g/mol. The van der Waals surface area contributed by atoms with Crippen molar-refractivity contribution >= 4 is 5.97 Å². The van der Waals surface area contributed by atoms with Gasteiger partial charge in [-0.2, -0.15) is 0 Å². The minimum absolute atomic E-state index is 0.107. The summed E-state index contributed by atoms with van der Waals surface area (Å²) < 4.78 is 21.3. The Bertz CT molecular complexity index is 292. The first-order valence-electron chi connectivity index (χ1n) is 4.50. The lowest BCUT2D eigenvalue weighted by atomic mass is 10.3. The topological polar surface area (TPSA) is 47.6 Å². The van der Waals surface area contributed by atoms with Crippen molar-refractivity contribution in [2.45, 2.75) is 0 Å². The Kier molecular flexibility index (Phi) is 5.18. The average Bonchev–Trinajstić information content (AvgIpc) is 2.26. The van der Waals surface area contributed by atoms with Crippen LogP contribution in [0.3, 0.4) is 0 Å². The lowest BCUT2D eigenvalue weighted by Gasteiger charge is -2.06. The van der Waals surface area contributed by atoms with E-state index in [1.807, 2.05) is 18.2 Å². The molecular weight excluding hydrogens is 201 g/mol. The van der Waals surface area contributed by atoms with Crippen LogP contribution >= 0.6 is 0 Å². The third-order valence-electron chi connectivity index (χ3n) is 1.57. The van der Waals surface area contributed by atoms with Crippen LogP contribution in [0.5, 0.6) is 5.75 Å². The van der Waals surface area contributed by atoms with Crippen LogP contribution in [0.4, 0.5) is 4.48 Å². The standard InChI is InChI=1S/C10H12FNO3/c11-12-8-10(13)15-7-6-14-9-4-2-1-3-5-9/h1-5,12H,6-8H2. The highest BCUT2D eigenvalue weighted by atomic mass is 19.2. The van der Waals surface area contributed by atoms with E-state index in [4.69, 9.17) is 4.74 Å². The number of hydrogen-bond donors (Lipinski definition) is 1. The first kappa shape index (κ1) is 11.5. The number of esters is 1. The molecule has 1 aromatic rings. The molecule has 1 rings (SSSR count). The van der Waals surface area contributed by atoms with E-state index in [9.17, 15) is 9.28 Å². The number of benzene rings is 1. The quantitative estimate of drug-likeness (QED) is 0.436. The number of carbonyl (C=O) groups excluding carboxylic acids is 1. The molecule has 0 atom stereocenters. The fourth-order valence-electron chi connectivity index (χ4n) is 0.937. The lowest BCUT2D eigenvalue weighted by molar-refractivity contribution is -0.144. The summed E-state index contributed by atoms with van der Waals surface area (Å²) in [6.45, 7) is -0.0806. The van der Waals surface area contributed by atoms with Gasteiger partial charge in [0.15, 0.2) is 0 Å². The van der Waals surface area contributed by atoms with Crippen LogP contribution in [0.25, 0.3) is 0 Å². The maximum absolute atomic E-state index is 11.4. The van der Waals surface area contributed by atoms with Gasteiger partial charge < -0.3 is 9.47 Å². The van der Waals surface area contributed by atoms with Crippen molar-refractivity contribution in [2.75, 3.05) is 19.8 Å². The van der Waals surface area contributed by atoms with Gasteiger partial charge in [-0.3, -0.25) is 4.79 Å². The molecule has 0 spiro atoms. The number of rotatable bonds is 6. The van der Waals surface area contributed by atoms with E-state index in [0.717, 1.165) is 0 Å². The molecule has 1 N–H and O–H groups in total.